The second kappa shape index (κ2) is 8.04. The molecule has 0 aliphatic carbocycles. The molecule has 0 spiro atoms. The van der Waals surface area contributed by atoms with Gasteiger partial charge in [0.1, 0.15) is 5.56 Å². The molecule has 1 aromatic heterocycles. The van der Waals surface area contributed by atoms with Crippen LogP contribution in [0, 0.1) is 0 Å². The quantitative estimate of drug-likeness (QED) is 0.560. The molecule has 0 saturated heterocycles. The molecule has 1 aliphatic rings. The molecule has 32 heavy (non-hydrogen) atoms. The fraction of sp³-hybridized carbons (Fsp3) is 0.0952. The number of aromatic carboxylic acids is 1. The van der Waals surface area contributed by atoms with Crippen molar-refractivity contribution in [3.05, 3.63) is 82.5 Å². The number of alkyl halides is 3. The number of carbonyl (C=O) groups is 2. The standard InChI is InChI=1S/C21H14ClF3N4O3/c22-14-4-6-15(7-5-14)27-20(32)28-9-8-17(29-18(28)16(11-26-29)19(30)31)12-2-1-3-13(10-12)21(23,24)25/h1-8,10-11H,9H2,(H,27,32)(H,30,31). The summed E-state index contributed by atoms with van der Waals surface area (Å²) in [5.74, 6) is -1.40. The minimum Gasteiger partial charge on any atom is -0.477 e. The third kappa shape index (κ3) is 4.04. The van der Waals surface area contributed by atoms with Crippen LogP contribution in [0.5, 0.6) is 0 Å². The van der Waals surface area contributed by atoms with Crippen LogP contribution in [0.2, 0.25) is 5.02 Å². The molecule has 7 nitrogen and oxygen atoms in total. The molecule has 2 aromatic carbocycles. The summed E-state index contributed by atoms with van der Waals surface area (Å²) in [7, 11) is 0. The van der Waals surface area contributed by atoms with Crippen LogP contribution >= 0.6 is 11.6 Å². The summed E-state index contributed by atoms with van der Waals surface area (Å²) in [6.45, 7) is -0.0863. The summed E-state index contributed by atoms with van der Waals surface area (Å²) in [6.07, 6.45) is -2.00. The molecule has 1 aliphatic heterocycles. The van der Waals surface area contributed by atoms with Crippen LogP contribution in [0.1, 0.15) is 21.5 Å². The predicted molar refractivity (Wildman–Crippen MR) is 112 cm³/mol. The van der Waals surface area contributed by atoms with Crippen molar-refractivity contribution >= 4 is 40.8 Å². The van der Waals surface area contributed by atoms with Crippen LogP contribution in [0.15, 0.2) is 60.8 Å². The zero-order chi connectivity index (χ0) is 23.0. The second-order valence-electron chi connectivity index (χ2n) is 6.81. The van der Waals surface area contributed by atoms with Crippen molar-refractivity contribution in [3.63, 3.8) is 0 Å². The minimum atomic E-state index is -4.55. The van der Waals surface area contributed by atoms with Gasteiger partial charge in [-0.2, -0.15) is 18.3 Å². The number of benzene rings is 2. The number of urea groups is 1. The van der Waals surface area contributed by atoms with Gasteiger partial charge in [0.15, 0.2) is 5.82 Å². The lowest BCUT2D eigenvalue weighted by Gasteiger charge is -2.28. The lowest BCUT2D eigenvalue weighted by atomic mass is 10.1. The molecular formula is C21H14ClF3N4O3. The highest BCUT2D eigenvalue weighted by atomic mass is 35.5. The Labute approximate surface area is 184 Å². The van der Waals surface area contributed by atoms with Crippen LogP contribution in [-0.4, -0.2) is 33.4 Å². The van der Waals surface area contributed by atoms with Crippen molar-refractivity contribution < 1.29 is 27.9 Å². The Bertz CT molecular complexity index is 1240. The van der Waals surface area contributed by atoms with E-state index in [1.807, 2.05) is 0 Å². The van der Waals surface area contributed by atoms with E-state index in [0.29, 0.717) is 10.7 Å². The third-order valence-electron chi connectivity index (χ3n) is 4.75. The average Bonchev–Trinajstić information content (AvgIpc) is 3.20. The number of rotatable bonds is 3. The van der Waals surface area contributed by atoms with E-state index in [1.165, 1.54) is 18.2 Å². The molecule has 3 aromatic rings. The fourth-order valence-corrected chi connectivity index (χ4v) is 3.40. The lowest BCUT2D eigenvalue weighted by molar-refractivity contribution is -0.137. The highest BCUT2D eigenvalue weighted by Gasteiger charge is 2.33. The molecule has 2 amide bonds. The van der Waals surface area contributed by atoms with Gasteiger partial charge in [0.05, 0.1) is 17.5 Å². The Morgan fingerprint density at radius 2 is 1.84 bits per heavy atom. The topological polar surface area (TPSA) is 87.5 Å². The van der Waals surface area contributed by atoms with E-state index in [-0.39, 0.29) is 29.2 Å². The van der Waals surface area contributed by atoms with E-state index < -0.39 is 23.7 Å². The molecule has 2 N–H and O–H groups in total. The van der Waals surface area contributed by atoms with E-state index in [4.69, 9.17) is 11.6 Å². The van der Waals surface area contributed by atoms with E-state index in [0.717, 1.165) is 27.9 Å². The van der Waals surface area contributed by atoms with Gasteiger partial charge in [0.25, 0.3) is 0 Å². The lowest BCUT2D eigenvalue weighted by Crippen LogP contribution is -2.39. The maximum absolute atomic E-state index is 13.2. The minimum absolute atomic E-state index is 0.0705. The molecule has 11 heteroatoms. The highest BCUT2D eigenvalue weighted by molar-refractivity contribution is 6.30. The first kappa shape index (κ1) is 21.4. The van der Waals surface area contributed by atoms with Gasteiger partial charge in [-0.05, 0) is 42.5 Å². The number of fused-ring (bicyclic) bond motifs is 1. The van der Waals surface area contributed by atoms with Gasteiger partial charge in [-0.25, -0.2) is 14.3 Å². The molecule has 0 atom stereocenters. The van der Waals surface area contributed by atoms with Crippen molar-refractivity contribution in [2.24, 2.45) is 0 Å². The summed E-state index contributed by atoms with van der Waals surface area (Å²) in [4.78, 5) is 25.8. The van der Waals surface area contributed by atoms with Crippen molar-refractivity contribution in [1.29, 1.82) is 0 Å². The molecule has 0 fully saturated rings. The van der Waals surface area contributed by atoms with Crippen LogP contribution < -0.4 is 10.2 Å². The zero-order valence-corrected chi connectivity index (χ0v) is 16.9. The monoisotopic (exact) mass is 462 g/mol. The summed E-state index contributed by atoms with van der Waals surface area (Å²) in [6, 6.07) is 10.2. The number of carboxylic acids is 1. The van der Waals surface area contributed by atoms with Crippen molar-refractivity contribution in [3.8, 4) is 0 Å². The van der Waals surface area contributed by atoms with Crippen molar-refractivity contribution in [2.45, 2.75) is 6.18 Å². The first-order valence-electron chi connectivity index (χ1n) is 9.18. The number of hydrogen-bond donors (Lipinski definition) is 2. The normalized spacial score (nSPS) is 13.4. The number of carbonyl (C=O) groups excluding carboxylic acids is 1. The van der Waals surface area contributed by atoms with Crippen molar-refractivity contribution in [2.75, 3.05) is 16.8 Å². The number of nitrogens with zero attached hydrogens (tertiary/aromatic N) is 3. The van der Waals surface area contributed by atoms with Gasteiger partial charge in [-0.3, -0.25) is 4.90 Å². The van der Waals surface area contributed by atoms with E-state index in [1.54, 1.807) is 24.3 Å². The van der Waals surface area contributed by atoms with Gasteiger partial charge >= 0.3 is 18.2 Å². The third-order valence-corrected chi connectivity index (χ3v) is 5.00. The summed E-state index contributed by atoms with van der Waals surface area (Å²) >= 11 is 5.84. The Morgan fingerprint density at radius 3 is 2.50 bits per heavy atom. The SMILES string of the molecule is O=C(O)c1cnn2c1N(C(=O)Nc1ccc(Cl)cc1)CC=C2c1cccc(C(F)(F)F)c1. The molecule has 164 valence electrons. The maximum Gasteiger partial charge on any atom is 0.416 e. The smallest absolute Gasteiger partial charge is 0.416 e. The number of nitrogens with one attached hydrogen (secondary N) is 1. The van der Waals surface area contributed by atoms with Crippen molar-refractivity contribution in [1.82, 2.24) is 9.78 Å². The first-order chi connectivity index (χ1) is 15.1. The summed E-state index contributed by atoms with van der Waals surface area (Å²) in [5, 5.41) is 16.7. The highest BCUT2D eigenvalue weighted by Crippen LogP contribution is 2.35. The first-order valence-corrected chi connectivity index (χ1v) is 9.56. The van der Waals surface area contributed by atoms with Gasteiger partial charge in [0.2, 0.25) is 0 Å². The summed E-state index contributed by atoms with van der Waals surface area (Å²) < 4.78 is 40.6. The fourth-order valence-electron chi connectivity index (χ4n) is 3.28. The molecule has 0 bridgehead atoms. The Balaban J connectivity index is 1.73. The second-order valence-corrected chi connectivity index (χ2v) is 7.25. The van der Waals surface area contributed by atoms with Gasteiger partial charge < -0.3 is 10.4 Å². The number of anilines is 2. The number of hydrogen-bond acceptors (Lipinski definition) is 3. The average molecular weight is 463 g/mol. The number of carboxylic acid groups (broad SMARTS) is 1. The number of halogens is 4. The number of amides is 2. The predicted octanol–water partition coefficient (Wildman–Crippen LogP) is 5.19. The van der Waals surface area contributed by atoms with Crippen LogP contribution in [-0.2, 0) is 6.18 Å². The largest absolute Gasteiger partial charge is 0.477 e. The maximum atomic E-state index is 13.2. The molecular weight excluding hydrogens is 449 g/mol. The Morgan fingerprint density at radius 1 is 1.12 bits per heavy atom. The van der Waals surface area contributed by atoms with Crippen LogP contribution in [0.25, 0.3) is 5.70 Å². The molecule has 2 heterocycles. The van der Waals surface area contributed by atoms with E-state index in [2.05, 4.69) is 10.4 Å². The Hall–Kier alpha value is -3.79. The van der Waals surface area contributed by atoms with E-state index in [9.17, 15) is 27.9 Å². The summed E-state index contributed by atoms with van der Waals surface area (Å²) in [5.41, 5.74) is -0.289. The molecule has 0 radical (unpaired) electrons. The molecule has 4 rings (SSSR count). The van der Waals surface area contributed by atoms with Gasteiger partial charge in [0, 0.05) is 22.8 Å². The van der Waals surface area contributed by atoms with Crippen LogP contribution in [0.3, 0.4) is 0 Å². The zero-order valence-electron chi connectivity index (χ0n) is 16.1. The van der Waals surface area contributed by atoms with Crippen LogP contribution in [0.4, 0.5) is 29.5 Å². The van der Waals surface area contributed by atoms with Gasteiger partial charge in [-0.15, -0.1) is 0 Å². The number of aromatic nitrogens is 2. The Kier molecular flexibility index (Phi) is 5.39. The van der Waals surface area contributed by atoms with E-state index >= 15 is 0 Å². The van der Waals surface area contributed by atoms with Gasteiger partial charge in [-0.1, -0.05) is 23.7 Å². The molecule has 0 unspecified atom stereocenters. The molecule has 0 saturated carbocycles.